The van der Waals surface area contributed by atoms with Crippen molar-refractivity contribution in [1.82, 2.24) is 9.80 Å². The molecule has 2 aliphatic heterocycles. The number of ether oxygens (including phenoxy) is 1. The van der Waals surface area contributed by atoms with Gasteiger partial charge in [-0.05, 0) is 75.1 Å². The van der Waals surface area contributed by atoms with Crippen LogP contribution < -0.4 is 4.74 Å². The highest BCUT2D eigenvalue weighted by atomic mass is 16.5. The number of carbonyl (C=O) groups is 1. The first-order chi connectivity index (χ1) is 17.3. The van der Waals surface area contributed by atoms with Gasteiger partial charge in [-0.15, -0.1) is 0 Å². The third kappa shape index (κ3) is 2.89. The number of aliphatic hydroxyl groups is 1. The molecule has 5 aliphatic rings. The second kappa shape index (κ2) is 7.72. The fourth-order valence-electron chi connectivity index (χ4n) is 8.21. The summed E-state index contributed by atoms with van der Waals surface area (Å²) in [6.07, 6.45) is 5.10. The molecule has 2 N–H and O–H groups in total. The fraction of sp³-hybridized carbons (Fsp3) is 0.567. The van der Waals surface area contributed by atoms with Crippen LogP contribution in [0.3, 0.4) is 0 Å². The average Bonchev–Trinajstić information content (AvgIpc) is 3.63. The zero-order valence-electron chi connectivity index (χ0n) is 21.2. The Bertz CT molecular complexity index is 1210. The first kappa shape index (κ1) is 22.6. The lowest BCUT2D eigenvalue weighted by atomic mass is 9.48. The lowest BCUT2D eigenvalue weighted by Gasteiger charge is -2.64. The molecule has 6 heteroatoms. The molecule has 2 aromatic rings. The molecule has 7 rings (SSSR count). The maximum Gasteiger partial charge on any atom is 0.229 e. The van der Waals surface area contributed by atoms with Crippen LogP contribution in [0.15, 0.2) is 42.5 Å². The number of carbonyl (C=O) groups excluding carboxylic acids is 1. The molecule has 6 nitrogen and oxygen atoms in total. The molecule has 2 saturated carbocycles. The van der Waals surface area contributed by atoms with Crippen LogP contribution in [0.2, 0.25) is 0 Å². The molecule has 190 valence electrons. The molecular weight excluding hydrogens is 452 g/mol. The SMILES string of the molecule is C[C@@H](C(=O)N(C)[C@@H]1CC[C@@]2(O)[C@H]3Cc4ccc(O)c5c4[C@@]2(CCN3CC2CC2)[C@H]1O5)c1ccccc1. The standard InChI is InChI=1S/C30H36N2O4/c1-18(20-6-4-3-5-7-20)28(34)31(2)22-12-13-30(35)24-16-21-10-11-23(33)26-25(21)29(30,27(22)36-26)14-15-32(24)17-19-8-9-19/h3-7,10-11,18-19,22,24,27,33,35H,8-9,12-17H2,1-2H3/t18-,22-,24-,27+,29+,30-/m1/s1. The molecule has 1 spiro atoms. The highest BCUT2D eigenvalue weighted by Gasteiger charge is 2.73. The van der Waals surface area contributed by atoms with Gasteiger partial charge in [-0.25, -0.2) is 0 Å². The first-order valence-corrected chi connectivity index (χ1v) is 13.6. The van der Waals surface area contributed by atoms with Gasteiger partial charge in [-0.1, -0.05) is 36.4 Å². The Hall–Kier alpha value is -2.57. The minimum absolute atomic E-state index is 0.0474. The molecule has 2 bridgehead atoms. The lowest BCUT2D eigenvalue weighted by Crippen LogP contribution is -2.78. The van der Waals surface area contributed by atoms with E-state index >= 15 is 0 Å². The summed E-state index contributed by atoms with van der Waals surface area (Å²) >= 11 is 0. The Labute approximate surface area is 212 Å². The van der Waals surface area contributed by atoms with Crippen LogP contribution in [0.1, 0.15) is 61.6 Å². The maximum atomic E-state index is 13.7. The summed E-state index contributed by atoms with van der Waals surface area (Å²) in [7, 11) is 1.89. The molecule has 2 heterocycles. The molecule has 2 aromatic carbocycles. The van der Waals surface area contributed by atoms with E-state index in [0.29, 0.717) is 18.6 Å². The predicted molar refractivity (Wildman–Crippen MR) is 136 cm³/mol. The van der Waals surface area contributed by atoms with E-state index < -0.39 is 11.0 Å². The largest absolute Gasteiger partial charge is 0.504 e. The maximum absolute atomic E-state index is 13.7. The Balaban J connectivity index is 1.29. The highest BCUT2D eigenvalue weighted by Crippen LogP contribution is 2.66. The smallest absolute Gasteiger partial charge is 0.229 e. The monoisotopic (exact) mass is 488 g/mol. The topological polar surface area (TPSA) is 73.2 Å². The van der Waals surface area contributed by atoms with E-state index in [1.165, 1.54) is 18.4 Å². The Morgan fingerprint density at radius 3 is 2.69 bits per heavy atom. The van der Waals surface area contributed by atoms with Crippen molar-refractivity contribution in [2.24, 2.45) is 5.92 Å². The summed E-state index contributed by atoms with van der Waals surface area (Å²) in [5, 5.41) is 23.5. The average molecular weight is 489 g/mol. The lowest BCUT2D eigenvalue weighted by molar-refractivity contribution is -0.200. The van der Waals surface area contributed by atoms with Crippen LogP contribution in [0.25, 0.3) is 0 Å². The molecule has 1 amide bonds. The Morgan fingerprint density at radius 2 is 1.94 bits per heavy atom. The summed E-state index contributed by atoms with van der Waals surface area (Å²) in [4.78, 5) is 18.1. The van der Waals surface area contributed by atoms with Crippen LogP contribution in [-0.4, -0.2) is 69.8 Å². The number of likely N-dealkylation sites (tertiary alicyclic amines) is 1. The number of piperidine rings is 1. The van der Waals surface area contributed by atoms with Crippen molar-refractivity contribution in [1.29, 1.82) is 0 Å². The van der Waals surface area contributed by atoms with E-state index in [0.717, 1.165) is 43.0 Å². The van der Waals surface area contributed by atoms with Crippen molar-refractivity contribution in [2.45, 2.75) is 80.6 Å². The zero-order chi connectivity index (χ0) is 24.8. The number of phenolic OH excluding ortho intramolecular Hbond substituents is 1. The van der Waals surface area contributed by atoms with E-state index in [1.807, 2.05) is 55.3 Å². The Morgan fingerprint density at radius 1 is 1.17 bits per heavy atom. The van der Waals surface area contributed by atoms with E-state index in [2.05, 4.69) is 4.90 Å². The number of likely N-dealkylation sites (N-methyl/N-ethyl adjacent to an activating group) is 1. The van der Waals surface area contributed by atoms with Crippen molar-refractivity contribution in [3.8, 4) is 11.5 Å². The van der Waals surface area contributed by atoms with Gasteiger partial charge < -0.3 is 19.8 Å². The van der Waals surface area contributed by atoms with Crippen LogP contribution in [-0.2, 0) is 16.6 Å². The van der Waals surface area contributed by atoms with Gasteiger partial charge in [0.2, 0.25) is 5.91 Å². The summed E-state index contributed by atoms with van der Waals surface area (Å²) in [5.74, 6) is 1.24. The number of hydrogen-bond acceptors (Lipinski definition) is 5. The molecule has 0 radical (unpaired) electrons. The normalized spacial score (nSPS) is 35.0. The number of rotatable bonds is 5. The summed E-state index contributed by atoms with van der Waals surface area (Å²) in [6.45, 7) is 3.95. The summed E-state index contributed by atoms with van der Waals surface area (Å²) in [6, 6.07) is 13.6. The number of amides is 1. The van der Waals surface area contributed by atoms with Crippen molar-refractivity contribution < 1.29 is 19.7 Å². The molecule has 0 unspecified atom stereocenters. The van der Waals surface area contributed by atoms with Crippen LogP contribution in [0.5, 0.6) is 11.5 Å². The summed E-state index contributed by atoms with van der Waals surface area (Å²) < 4.78 is 6.65. The van der Waals surface area contributed by atoms with Gasteiger partial charge in [-0.2, -0.15) is 0 Å². The number of hydrogen-bond donors (Lipinski definition) is 2. The van der Waals surface area contributed by atoms with Gasteiger partial charge in [0.25, 0.3) is 0 Å². The van der Waals surface area contributed by atoms with Crippen molar-refractivity contribution in [3.05, 3.63) is 59.2 Å². The Kier molecular flexibility index (Phi) is 4.85. The van der Waals surface area contributed by atoms with E-state index in [-0.39, 0.29) is 35.8 Å². The zero-order valence-corrected chi connectivity index (χ0v) is 21.2. The van der Waals surface area contributed by atoms with Gasteiger partial charge >= 0.3 is 0 Å². The summed E-state index contributed by atoms with van der Waals surface area (Å²) in [5.41, 5.74) is 1.67. The van der Waals surface area contributed by atoms with Crippen LogP contribution in [0.4, 0.5) is 0 Å². The predicted octanol–water partition coefficient (Wildman–Crippen LogP) is 3.59. The molecule has 36 heavy (non-hydrogen) atoms. The fourth-order valence-corrected chi connectivity index (χ4v) is 8.21. The number of aromatic hydroxyl groups is 1. The molecule has 0 aromatic heterocycles. The number of benzene rings is 2. The second-order valence-corrected chi connectivity index (χ2v) is 12.0. The van der Waals surface area contributed by atoms with Gasteiger partial charge in [0.1, 0.15) is 6.10 Å². The van der Waals surface area contributed by atoms with Crippen LogP contribution >= 0.6 is 0 Å². The molecule has 3 fully saturated rings. The van der Waals surface area contributed by atoms with E-state index in [1.54, 1.807) is 6.07 Å². The van der Waals surface area contributed by atoms with Crippen molar-refractivity contribution >= 4 is 5.91 Å². The van der Waals surface area contributed by atoms with Crippen LogP contribution in [0, 0.1) is 5.92 Å². The minimum atomic E-state index is -0.928. The van der Waals surface area contributed by atoms with E-state index in [9.17, 15) is 15.0 Å². The van der Waals surface area contributed by atoms with E-state index in [4.69, 9.17) is 4.74 Å². The molecule has 3 aliphatic carbocycles. The molecule has 6 atom stereocenters. The van der Waals surface area contributed by atoms with Crippen molar-refractivity contribution in [2.75, 3.05) is 20.1 Å². The first-order valence-electron chi connectivity index (χ1n) is 13.6. The highest BCUT2D eigenvalue weighted by molar-refractivity contribution is 5.83. The minimum Gasteiger partial charge on any atom is -0.504 e. The number of phenols is 1. The van der Waals surface area contributed by atoms with Crippen molar-refractivity contribution in [3.63, 3.8) is 0 Å². The quantitative estimate of drug-likeness (QED) is 0.673. The molecule has 1 saturated heterocycles. The van der Waals surface area contributed by atoms with Gasteiger partial charge in [0.05, 0.1) is 23.0 Å². The van der Waals surface area contributed by atoms with Gasteiger partial charge in [0, 0.05) is 25.2 Å². The van der Waals surface area contributed by atoms with Gasteiger partial charge in [-0.3, -0.25) is 9.69 Å². The third-order valence-corrected chi connectivity index (χ3v) is 10.2. The second-order valence-electron chi connectivity index (χ2n) is 12.0. The molecular formula is C30H36N2O4. The third-order valence-electron chi connectivity index (χ3n) is 10.2. The number of nitrogens with zero attached hydrogens (tertiary/aromatic N) is 2. The van der Waals surface area contributed by atoms with Gasteiger partial charge in [0.15, 0.2) is 11.5 Å².